The van der Waals surface area contributed by atoms with Gasteiger partial charge in [-0.05, 0) is 0 Å². The van der Waals surface area contributed by atoms with Gasteiger partial charge in [0.2, 0.25) is 0 Å². The van der Waals surface area contributed by atoms with E-state index in [4.69, 9.17) is 20.0 Å². The predicted molar refractivity (Wildman–Crippen MR) is 340 cm³/mol. The molecule has 0 atom stereocenters. The molecule has 0 saturated heterocycles. The molecule has 0 aliphatic carbocycles. The van der Waals surface area contributed by atoms with Crippen LogP contribution in [0.2, 0.25) is 196 Å². The van der Waals surface area contributed by atoms with Gasteiger partial charge in [-0.3, -0.25) is 0 Å². The van der Waals surface area contributed by atoms with E-state index in [1.807, 2.05) is 0 Å². The van der Waals surface area contributed by atoms with Crippen molar-refractivity contribution in [3.8, 4) is 0 Å². The Hall–Kier alpha value is 1.73. The minimum absolute atomic E-state index is 0.0202. The summed E-state index contributed by atoms with van der Waals surface area (Å²) in [4.78, 5) is 0. The Labute approximate surface area is 429 Å². The molecule has 0 radical (unpaired) electrons. The van der Waals surface area contributed by atoms with Crippen LogP contribution in [0.4, 0.5) is 0 Å². The Morgan fingerprint density at radius 3 is 0.769 bits per heavy atom. The first-order chi connectivity index (χ1) is 28.0. The molecule has 0 saturated carbocycles. The van der Waals surface area contributed by atoms with E-state index in [9.17, 15) is 0 Å². The van der Waals surface area contributed by atoms with E-state index < -0.39 is 92.1 Å². The zero-order chi connectivity index (χ0) is 52.0. The van der Waals surface area contributed by atoms with Crippen LogP contribution in [-0.2, 0) is 10.7 Å². The van der Waals surface area contributed by atoms with Crippen LogP contribution in [0, 0.1) is 0 Å². The number of halogens is 2. The summed E-state index contributed by atoms with van der Waals surface area (Å²) in [6.45, 7) is 87.8. The maximum atomic E-state index is 8.99. The van der Waals surface area contributed by atoms with Crippen LogP contribution in [0.15, 0.2) is 24.3 Å². The van der Waals surface area contributed by atoms with Crippen molar-refractivity contribution in [2.24, 2.45) is 0 Å². The van der Waals surface area contributed by atoms with Crippen molar-refractivity contribution >= 4 is 117 Å². The summed E-state index contributed by atoms with van der Waals surface area (Å²) in [5.41, 5.74) is 11.6. The average molecular weight is 1160 g/mol. The fourth-order valence-electron chi connectivity index (χ4n) is 15.2. The third-order valence-electron chi connectivity index (χ3n) is 14.4. The number of hydrogen-bond acceptors (Lipinski definition) is 0. The fourth-order valence-corrected chi connectivity index (χ4v) is 88.6. The van der Waals surface area contributed by atoms with Gasteiger partial charge in [0.25, 0.3) is 0 Å². The topological polar surface area (TPSA) is 0 Å². The maximum absolute atomic E-state index is 8.99. The molecule has 0 aliphatic rings. The van der Waals surface area contributed by atoms with E-state index in [0.29, 0.717) is 25.8 Å². The van der Waals surface area contributed by atoms with Gasteiger partial charge in [-0.25, -0.2) is 0 Å². The molecule has 0 unspecified atom stereocenters. The van der Waals surface area contributed by atoms with Gasteiger partial charge in [-0.2, -0.15) is 0 Å². The van der Waals surface area contributed by atoms with Crippen molar-refractivity contribution in [1.29, 1.82) is 0 Å². The zero-order valence-electron chi connectivity index (χ0n) is 49.7. The summed E-state index contributed by atoms with van der Waals surface area (Å²) >= 11 is -4.11. The molecule has 0 aliphatic heterocycles. The number of hydrogen-bond donors (Lipinski definition) is 0. The fraction of sp³-hybridized carbons (Fsp3) is 0.769. The molecule has 2 aromatic rings. The molecule has 2 aromatic carbocycles. The van der Waals surface area contributed by atoms with Crippen LogP contribution in [0.5, 0.6) is 0 Å². The standard InChI is InChI=1S/C52H110Cl2GeSi10/c1-52(2,3)40-36-43(50(62(22,23)24)63(25,26)27)46(44(37-40)51(64(28,29)30)65(31,32)33)55(53,54)38-45-41(48(58(10,11)12)59(13,14)15)34-39(47(56(4,5)6)57(7,8)9)35-42(45)49(60(16,17)18)61(19,20)21/h34-37,47-51H,38H2,1-33H3. The van der Waals surface area contributed by atoms with Gasteiger partial charge >= 0.3 is 433 Å². The van der Waals surface area contributed by atoms with Crippen molar-refractivity contribution in [2.75, 3.05) is 0 Å². The summed E-state index contributed by atoms with van der Waals surface area (Å²) in [5, 5.41) is 3.89. The molecule has 65 heavy (non-hydrogen) atoms. The second kappa shape index (κ2) is 19.9. The molecule has 0 nitrogen and oxygen atoms in total. The molecule has 0 spiro atoms. The van der Waals surface area contributed by atoms with Crippen LogP contribution < -0.4 is 4.40 Å². The molecular weight excluding hydrogens is 1050 g/mol. The Balaban J connectivity index is 3.81. The Morgan fingerprint density at radius 2 is 0.569 bits per heavy atom. The summed E-state index contributed by atoms with van der Waals surface area (Å²) in [5.74, 6) is 0. The summed E-state index contributed by atoms with van der Waals surface area (Å²) in [6.07, 6.45) is 0. The Morgan fingerprint density at radius 1 is 0.354 bits per heavy atom. The van der Waals surface area contributed by atoms with E-state index in [-0.39, 0.29) is 5.41 Å². The molecular formula is C52H110Cl2GeSi10. The SMILES string of the molecule is CC(C)(C)c1cc(C([Si](C)(C)C)[Si](C)(C)C)[c]([Ge]([Cl])([Cl])[CH2]c2c(C([Si](C)(C)C)[Si](C)(C)C)cc(C([Si](C)(C)C)[Si](C)(C)C)cc2C([Si](C)(C)C)[Si](C)(C)C)c(C([Si](C)(C)C)[Si](C)(C)C)c1. The summed E-state index contributed by atoms with van der Waals surface area (Å²) in [7, 11) is 0.519. The number of rotatable bonds is 18. The first-order valence-electron chi connectivity index (χ1n) is 25.7. The van der Waals surface area contributed by atoms with E-state index >= 15 is 0 Å². The van der Waals surface area contributed by atoms with Gasteiger partial charge in [0.05, 0.1) is 0 Å². The monoisotopic (exact) mass is 1160 g/mol. The number of benzene rings is 2. The molecule has 2 rings (SSSR count). The van der Waals surface area contributed by atoms with Crippen molar-refractivity contribution in [2.45, 2.75) is 254 Å². The Bertz CT molecular complexity index is 1790. The minimum atomic E-state index is -4.11. The Kier molecular flexibility index (Phi) is 19.2. The molecule has 0 aromatic heterocycles. The summed E-state index contributed by atoms with van der Waals surface area (Å²) < 4.78 is 1.53. The third-order valence-corrected chi connectivity index (χ3v) is 68.6. The van der Waals surface area contributed by atoms with Crippen molar-refractivity contribution in [1.82, 2.24) is 0 Å². The third kappa shape index (κ3) is 15.6. The molecule has 0 N–H and O–H groups in total. The van der Waals surface area contributed by atoms with Crippen molar-refractivity contribution in [3.63, 3.8) is 0 Å². The quantitative estimate of drug-likeness (QED) is 0.131. The first kappa shape index (κ1) is 62.8. The molecule has 0 heterocycles. The molecule has 0 amide bonds. The first-order valence-corrected chi connectivity index (χ1v) is 69.5. The van der Waals surface area contributed by atoms with Gasteiger partial charge in [-0.15, -0.1) is 0 Å². The van der Waals surface area contributed by atoms with E-state index in [1.54, 1.807) is 33.4 Å². The van der Waals surface area contributed by atoms with Crippen molar-refractivity contribution in [3.05, 3.63) is 63.2 Å². The zero-order valence-corrected chi connectivity index (χ0v) is 63.3. The molecule has 0 bridgehead atoms. The molecule has 376 valence electrons. The van der Waals surface area contributed by atoms with Crippen molar-refractivity contribution < 1.29 is 0 Å². The van der Waals surface area contributed by atoms with Gasteiger partial charge in [0.15, 0.2) is 0 Å². The van der Waals surface area contributed by atoms with E-state index in [1.165, 1.54) is 9.96 Å². The normalized spacial score (nSPS) is 15.4. The van der Waals surface area contributed by atoms with E-state index in [2.05, 4.69) is 241 Å². The van der Waals surface area contributed by atoms with Gasteiger partial charge in [0.1, 0.15) is 0 Å². The van der Waals surface area contributed by atoms with Gasteiger partial charge in [-0.1, -0.05) is 0 Å². The van der Waals surface area contributed by atoms with E-state index in [0.717, 1.165) is 5.25 Å². The van der Waals surface area contributed by atoms with Crippen LogP contribution in [0.3, 0.4) is 0 Å². The van der Waals surface area contributed by atoms with Gasteiger partial charge in [0, 0.05) is 0 Å². The molecule has 0 fully saturated rings. The van der Waals surface area contributed by atoms with Crippen LogP contribution in [-0.4, -0.2) is 92.1 Å². The molecule has 13 heteroatoms. The van der Waals surface area contributed by atoms with Crippen LogP contribution in [0.1, 0.15) is 85.5 Å². The van der Waals surface area contributed by atoms with Crippen LogP contribution in [0.25, 0.3) is 0 Å². The average Bonchev–Trinajstić information content (AvgIpc) is 2.90. The second-order valence-electron chi connectivity index (χ2n) is 33.2. The van der Waals surface area contributed by atoms with Gasteiger partial charge < -0.3 is 0 Å². The predicted octanol–water partition coefficient (Wildman–Crippen LogP) is 19.1. The van der Waals surface area contributed by atoms with Crippen LogP contribution >= 0.6 is 20.0 Å². The summed E-state index contributed by atoms with van der Waals surface area (Å²) in [6, 6.07) is 11.2. The second-order valence-corrected chi connectivity index (χ2v) is 102.